The molecule has 0 unspecified atom stereocenters. The molecule has 0 amide bonds. The number of ether oxygens (including phenoxy) is 1. The largest absolute Gasteiger partial charge is 0.496 e. The SMILES string of the molecule is COc1ccccc1CN(C)c1cccc(CO)n1. The first kappa shape index (κ1) is 13.4. The highest BCUT2D eigenvalue weighted by Crippen LogP contribution is 2.21. The van der Waals surface area contributed by atoms with Crippen LogP contribution in [-0.2, 0) is 13.2 Å². The minimum atomic E-state index is -0.0453. The fraction of sp³-hybridized carbons (Fsp3) is 0.267. The summed E-state index contributed by atoms with van der Waals surface area (Å²) in [6.07, 6.45) is 0. The first-order chi connectivity index (χ1) is 9.24. The lowest BCUT2D eigenvalue weighted by molar-refractivity contribution is 0.277. The van der Waals surface area contributed by atoms with E-state index in [9.17, 15) is 0 Å². The minimum Gasteiger partial charge on any atom is -0.496 e. The van der Waals surface area contributed by atoms with Crippen molar-refractivity contribution in [2.75, 3.05) is 19.1 Å². The second-order valence-corrected chi connectivity index (χ2v) is 4.31. The van der Waals surface area contributed by atoms with Crippen LogP contribution >= 0.6 is 0 Å². The molecule has 2 rings (SSSR count). The molecule has 0 radical (unpaired) electrons. The molecule has 0 spiro atoms. The van der Waals surface area contributed by atoms with Gasteiger partial charge in [0.1, 0.15) is 11.6 Å². The van der Waals surface area contributed by atoms with Crippen LogP contribution in [0.2, 0.25) is 0 Å². The second-order valence-electron chi connectivity index (χ2n) is 4.31. The third-order valence-electron chi connectivity index (χ3n) is 2.95. The topological polar surface area (TPSA) is 45.6 Å². The van der Waals surface area contributed by atoms with Crippen LogP contribution in [0.5, 0.6) is 5.75 Å². The number of nitrogens with zero attached hydrogens (tertiary/aromatic N) is 2. The molecule has 0 aliphatic heterocycles. The highest BCUT2D eigenvalue weighted by molar-refractivity contribution is 5.42. The number of aromatic nitrogens is 1. The van der Waals surface area contributed by atoms with Crippen molar-refractivity contribution in [1.82, 2.24) is 4.98 Å². The van der Waals surface area contributed by atoms with Gasteiger partial charge in [-0.1, -0.05) is 24.3 Å². The zero-order valence-electron chi connectivity index (χ0n) is 11.2. The molecular formula is C15H18N2O2. The Hall–Kier alpha value is -2.07. The average Bonchev–Trinajstić information content (AvgIpc) is 2.47. The first-order valence-corrected chi connectivity index (χ1v) is 6.14. The van der Waals surface area contributed by atoms with Crippen molar-refractivity contribution in [3.8, 4) is 5.75 Å². The molecule has 1 aromatic carbocycles. The third kappa shape index (κ3) is 3.23. The van der Waals surface area contributed by atoms with Crippen molar-refractivity contribution in [2.45, 2.75) is 13.2 Å². The summed E-state index contributed by atoms with van der Waals surface area (Å²) < 4.78 is 5.34. The van der Waals surface area contributed by atoms with Crippen LogP contribution in [0.4, 0.5) is 5.82 Å². The van der Waals surface area contributed by atoms with Gasteiger partial charge in [-0.3, -0.25) is 0 Å². The van der Waals surface area contributed by atoms with Crippen molar-refractivity contribution in [3.05, 3.63) is 53.7 Å². The number of benzene rings is 1. The fourth-order valence-corrected chi connectivity index (χ4v) is 1.94. The van der Waals surface area contributed by atoms with E-state index in [2.05, 4.69) is 4.98 Å². The zero-order valence-corrected chi connectivity index (χ0v) is 11.2. The summed E-state index contributed by atoms with van der Waals surface area (Å²) in [5.41, 5.74) is 1.77. The van der Waals surface area contributed by atoms with Crippen molar-refractivity contribution in [1.29, 1.82) is 0 Å². The number of methoxy groups -OCH3 is 1. The van der Waals surface area contributed by atoms with Crippen LogP contribution in [-0.4, -0.2) is 24.2 Å². The number of pyridine rings is 1. The van der Waals surface area contributed by atoms with Gasteiger partial charge in [0.15, 0.2) is 0 Å². The summed E-state index contributed by atoms with van der Waals surface area (Å²) in [7, 11) is 3.64. The lowest BCUT2D eigenvalue weighted by atomic mass is 10.2. The van der Waals surface area contributed by atoms with Crippen LogP contribution < -0.4 is 9.64 Å². The van der Waals surface area contributed by atoms with Gasteiger partial charge < -0.3 is 14.7 Å². The summed E-state index contributed by atoms with van der Waals surface area (Å²) in [5.74, 6) is 1.70. The van der Waals surface area contributed by atoms with E-state index in [0.717, 1.165) is 17.1 Å². The van der Waals surface area contributed by atoms with Gasteiger partial charge in [0.2, 0.25) is 0 Å². The molecule has 0 saturated carbocycles. The second kappa shape index (κ2) is 6.20. The maximum Gasteiger partial charge on any atom is 0.128 e. The average molecular weight is 258 g/mol. The highest BCUT2D eigenvalue weighted by atomic mass is 16.5. The van der Waals surface area contributed by atoms with E-state index in [1.165, 1.54) is 0 Å². The molecule has 0 saturated heterocycles. The molecule has 4 heteroatoms. The number of rotatable bonds is 5. The van der Waals surface area contributed by atoms with Gasteiger partial charge in [-0.15, -0.1) is 0 Å². The smallest absolute Gasteiger partial charge is 0.128 e. The Morgan fingerprint density at radius 2 is 1.95 bits per heavy atom. The molecule has 0 bridgehead atoms. The molecule has 0 aliphatic carbocycles. The molecule has 0 aliphatic rings. The fourth-order valence-electron chi connectivity index (χ4n) is 1.94. The Labute approximate surface area is 113 Å². The standard InChI is InChI=1S/C15H18N2O2/c1-17(15-9-5-7-13(11-18)16-15)10-12-6-3-4-8-14(12)19-2/h3-9,18H,10-11H2,1-2H3. The molecule has 1 heterocycles. The summed E-state index contributed by atoms with van der Waals surface area (Å²) in [6.45, 7) is 0.655. The normalized spacial score (nSPS) is 10.3. The van der Waals surface area contributed by atoms with E-state index >= 15 is 0 Å². The molecular weight excluding hydrogens is 240 g/mol. The molecule has 2 aromatic rings. The summed E-state index contributed by atoms with van der Waals surface area (Å²) in [4.78, 5) is 6.40. The van der Waals surface area contributed by atoms with Crippen LogP contribution in [0.25, 0.3) is 0 Å². The lowest BCUT2D eigenvalue weighted by Crippen LogP contribution is -2.18. The van der Waals surface area contributed by atoms with Crippen LogP contribution in [0.15, 0.2) is 42.5 Å². The van der Waals surface area contributed by atoms with Gasteiger partial charge in [-0.2, -0.15) is 0 Å². The molecule has 19 heavy (non-hydrogen) atoms. The monoisotopic (exact) mass is 258 g/mol. The summed E-state index contributed by atoms with van der Waals surface area (Å²) >= 11 is 0. The number of para-hydroxylation sites is 1. The van der Waals surface area contributed by atoms with Crippen LogP contribution in [0.1, 0.15) is 11.3 Å². The molecule has 1 aromatic heterocycles. The van der Waals surface area contributed by atoms with Gasteiger partial charge >= 0.3 is 0 Å². The van der Waals surface area contributed by atoms with Crippen LogP contribution in [0.3, 0.4) is 0 Å². The highest BCUT2D eigenvalue weighted by Gasteiger charge is 2.08. The van der Waals surface area contributed by atoms with E-state index in [1.54, 1.807) is 13.2 Å². The summed E-state index contributed by atoms with van der Waals surface area (Å²) in [5, 5.41) is 9.11. The van der Waals surface area contributed by atoms with Gasteiger partial charge in [0, 0.05) is 19.2 Å². The van der Waals surface area contributed by atoms with E-state index in [4.69, 9.17) is 9.84 Å². The predicted octanol–water partition coefficient (Wildman–Crippen LogP) is 2.22. The van der Waals surface area contributed by atoms with Gasteiger partial charge in [-0.05, 0) is 18.2 Å². The maximum atomic E-state index is 9.11. The Bertz CT molecular complexity index is 543. The van der Waals surface area contributed by atoms with E-state index < -0.39 is 0 Å². The molecule has 0 atom stereocenters. The molecule has 0 fully saturated rings. The van der Waals surface area contributed by atoms with Gasteiger partial charge in [-0.25, -0.2) is 4.98 Å². The van der Waals surface area contributed by atoms with Crippen molar-refractivity contribution in [3.63, 3.8) is 0 Å². The predicted molar refractivity (Wildman–Crippen MR) is 75.3 cm³/mol. The zero-order chi connectivity index (χ0) is 13.7. The maximum absolute atomic E-state index is 9.11. The molecule has 1 N–H and O–H groups in total. The van der Waals surface area contributed by atoms with E-state index in [1.807, 2.05) is 48.3 Å². The first-order valence-electron chi connectivity index (χ1n) is 6.14. The quantitative estimate of drug-likeness (QED) is 0.893. The number of hydrogen-bond donors (Lipinski definition) is 1. The number of aliphatic hydroxyl groups excluding tert-OH is 1. The molecule has 4 nitrogen and oxygen atoms in total. The number of aliphatic hydroxyl groups is 1. The van der Waals surface area contributed by atoms with Crippen LogP contribution in [0, 0.1) is 0 Å². The Balaban J connectivity index is 2.18. The van der Waals surface area contributed by atoms with Crippen molar-refractivity contribution >= 4 is 5.82 Å². The number of anilines is 1. The Morgan fingerprint density at radius 3 is 2.68 bits per heavy atom. The van der Waals surface area contributed by atoms with Crippen molar-refractivity contribution in [2.24, 2.45) is 0 Å². The summed E-state index contributed by atoms with van der Waals surface area (Å²) in [6, 6.07) is 13.5. The third-order valence-corrected chi connectivity index (χ3v) is 2.95. The van der Waals surface area contributed by atoms with Crippen molar-refractivity contribution < 1.29 is 9.84 Å². The van der Waals surface area contributed by atoms with Gasteiger partial charge in [0.05, 0.1) is 19.4 Å². The van der Waals surface area contributed by atoms with Gasteiger partial charge in [0.25, 0.3) is 0 Å². The van der Waals surface area contributed by atoms with E-state index in [0.29, 0.717) is 12.2 Å². The van der Waals surface area contributed by atoms with E-state index in [-0.39, 0.29) is 6.61 Å². The minimum absolute atomic E-state index is 0.0453. The Morgan fingerprint density at radius 1 is 1.16 bits per heavy atom. The lowest BCUT2D eigenvalue weighted by Gasteiger charge is -2.20. The number of hydrogen-bond acceptors (Lipinski definition) is 4. The molecule has 100 valence electrons. The Kier molecular flexibility index (Phi) is 4.36.